The number of piperidine rings is 1. The van der Waals surface area contributed by atoms with Crippen LogP contribution in [0.1, 0.15) is 19.8 Å². The fourth-order valence-electron chi connectivity index (χ4n) is 3.14. The molecule has 1 aliphatic heterocycles. The summed E-state index contributed by atoms with van der Waals surface area (Å²) in [5.41, 5.74) is 1.72. The highest BCUT2D eigenvalue weighted by molar-refractivity contribution is 14.1. The Labute approximate surface area is 180 Å². The van der Waals surface area contributed by atoms with Crippen molar-refractivity contribution in [3.05, 3.63) is 9.90 Å². The Hall–Kier alpha value is -1.27. The van der Waals surface area contributed by atoms with Gasteiger partial charge in [0, 0.05) is 40.7 Å². The van der Waals surface area contributed by atoms with Gasteiger partial charge in [0.05, 0.1) is 6.20 Å². The number of amides is 1. The lowest BCUT2D eigenvalue weighted by atomic mass is 10.1. The smallest absolute Gasteiger partial charge is 0.223 e. The van der Waals surface area contributed by atoms with E-state index in [2.05, 4.69) is 62.6 Å². The second-order valence-electron chi connectivity index (χ2n) is 8.49. The van der Waals surface area contributed by atoms with E-state index < -0.39 is 8.07 Å². The Morgan fingerprint density at radius 3 is 2.71 bits per heavy atom. The molecule has 0 aromatic carbocycles. The first-order valence-electron chi connectivity index (χ1n) is 9.72. The highest BCUT2D eigenvalue weighted by Gasteiger charge is 2.21. The largest absolute Gasteiger partial charge is 0.360 e. The summed E-state index contributed by atoms with van der Waals surface area (Å²) in [7, 11) is -1.09. The molecule has 1 saturated heterocycles. The van der Waals surface area contributed by atoms with Gasteiger partial charge in [0.2, 0.25) is 11.9 Å². The van der Waals surface area contributed by atoms with Crippen molar-refractivity contribution in [2.75, 3.05) is 25.0 Å². The molecule has 0 spiro atoms. The minimum atomic E-state index is -1.09. The van der Waals surface area contributed by atoms with E-state index in [-0.39, 0.29) is 11.9 Å². The maximum absolute atomic E-state index is 11.5. The molecule has 8 nitrogen and oxygen atoms in total. The molecule has 0 aliphatic carbocycles. The summed E-state index contributed by atoms with van der Waals surface area (Å²) in [6.07, 6.45) is 3.62. The lowest BCUT2D eigenvalue weighted by Crippen LogP contribution is -2.41. The van der Waals surface area contributed by atoms with Gasteiger partial charge in [-0.15, -0.1) is 0 Å². The fourth-order valence-corrected chi connectivity index (χ4v) is 4.56. The third-order valence-corrected chi connectivity index (χ3v) is 7.37. The normalized spacial score (nSPS) is 16.0. The Morgan fingerprint density at radius 1 is 1.36 bits per heavy atom. The number of fused-ring (bicyclic) bond motifs is 1. The summed E-state index contributed by atoms with van der Waals surface area (Å²) in [5, 5.41) is 7.97. The maximum Gasteiger partial charge on any atom is 0.223 e. The number of carbonyl (C=O) groups excluding carboxylic acids is 1. The van der Waals surface area contributed by atoms with Crippen LogP contribution in [-0.2, 0) is 16.3 Å². The van der Waals surface area contributed by atoms with Gasteiger partial charge in [-0.1, -0.05) is 19.6 Å². The zero-order valence-corrected chi connectivity index (χ0v) is 20.2. The number of rotatable bonds is 7. The monoisotopic (exact) mass is 516 g/mol. The van der Waals surface area contributed by atoms with Crippen LogP contribution in [0.4, 0.5) is 5.95 Å². The van der Waals surface area contributed by atoms with Crippen LogP contribution in [0, 0.1) is 3.70 Å². The van der Waals surface area contributed by atoms with Crippen LogP contribution in [-0.4, -0.2) is 64.4 Å². The van der Waals surface area contributed by atoms with Crippen LogP contribution in [0.2, 0.25) is 25.7 Å². The van der Waals surface area contributed by atoms with Gasteiger partial charge >= 0.3 is 0 Å². The molecule has 0 bridgehead atoms. The van der Waals surface area contributed by atoms with Crippen LogP contribution in [0.25, 0.3) is 11.0 Å². The molecular weight excluding hydrogens is 487 g/mol. The number of nitrogens with zero attached hydrogens (tertiary/aromatic N) is 5. The van der Waals surface area contributed by atoms with Crippen molar-refractivity contribution in [2.45, 2.75) is 58.2 Å². The number of hydrogen-bond acceptors (Lipinski definition) is 6. The molecule has 3 heterocycles. The van der Waals surface area contributed by atoms with Crippen LogP contribution in [0.3, 0.4) is 0 Å². The van der Waals surface area contributed by atoms with Crippen molar-refractivity contribution in [1.82, 2.24) is 24.6 Å². The van der Waals surface area contributed by atoms with Gasteiger partial charge in [0.15, 0.2) is 0 Å². The van der Waals surface area contributed by atoms with Gasteiger partial charge in [-0.05, 0) is 41.5 Å². The Morgan fingerprint density at radius 2 is 2.07 bits per heavy atom. The standard InChI is InChI=1S/C18H29IN6O2Si/c1-13(26)24-7-5-14(6-8-24)21-18-20-11-15-16(22-18)17(19)23-25(15)12-27-9-10-28(2,3)4/h11,14H,5-10,12H2,1-4H3,(H,20,21,22). The molecule has 0 saturated carbocycles. The summed E-state index contributed by atoms with van der Waals surface area (Å²) in [6.45, 7) is 11.4. The first-order valence-corrected chi connectivity index (χ1v) is 14.5. The highest BCUT2D eigenvalue weighted by atomic mass is 127. The third-order valence-electron chi connectivity index (χ3n) is 4.93. The molecule has 1 N–H and O–H groups in total. The molecule has 0 unspecified atom stereocenters. The van der Waals surface area contributed by atoms with Gasteiger partial charge in [0.25, 0.3) is 0 Å². The molecular formula is C18H29IN6O2Si. The molecule has 28 heavy (non-hydrogen) atoms. The van der Waals surface area contributed by atoms with Crippen LogP contribution in [0.15, 0.2) is 6.20 Å². The van der Waals surface area contributed by atoms with Crippen molar-refractivity contribution < 1.29 is 9.53 Å². The Balaban J connectivity index is 1.61. The third kappa shape index (κ3) is 5.63. The first-order chi connectivity index (χ1) is 13.2. The number of hydrogen-bond donors (Lipinski definition) is 1. The number of nitrogens with one attached hydrogen (secondary N) is 1. The molecule has 1 aliphatic rings. The highest BCUT2D eigenvalue weighted by Crippen LogP contribution is 2.21. The Kier molecular flexibility index (Phi) is 6.92. The topological polar surface area (TPSA) is 85.2 Å². The van der Waals surface area contributed by atoms with Gasteiger partial charge in [-0.3, -0.25) is 4.79 Å². The van der Waals surface area contributed by atoms with Crippen molar-refractivity contribution in [3.63, 3.8) is 0 Å². The molecule has 1 amide bonds. The van der Waals surface area contributed by atoms with Gasteiger partial charge in [-0.25, -0.2) is 14.6 Å². The lowest BCUT2D eigenvalue weighted by molar-refractivity contribution is -0.129. The summed E-state index contributed by atoms with van der Waals surface area (Å²) in [4.78, 5) is 22.5. The number of aromatic nitrogens is 4. The van der Waals surface area contributed by atoms with Gasteiger partial charge in [-0.2, -0.15) is 5.10 Å². The predicted octanol–water partition coefficient (Wildman–Crippen LogP) is 3.17. The molecule has 1 fully saturated rings. The summed E-state index contributed by atoms with van der Waals surface area (Å²) >= 11 is 2.21. The number of anilines is 1. The second-order valence-corrected chi connectivity index (χ2v) is 15.1. The number of halogens is 1. The average Bonchev–Trinajstić information content (AvgIpc) is 2.94. The predicted molar refractivity (Wildman–Crippen MR) is 121 cm³/mol. The van der Waals surface area contributed by atoms with E-state index in [1.807, 2.05) is 15.8 Å². The molecule has 2 aromatic rings. The van der Waals surface area contributed by atoms with E-state index in [4.69, 9.17) is 4.74 Å². The molecule has 2 aromatic heterocycles. The quantitative estimate of drug-likeness (QED) is 0.346. The minimum Gasteiger partial charge on any atom is -0.360 e. The zero-order chi connectivity index (χ0) is 20.3. The van der Waals surface area contributed by atoms with E-state index >= 15 is 0 Å². The number of carbonyl (C=O) groups is 1. The van der Waals surface area contributed by atoms with Crippen LogP contribution >= 0.6 is 22.6 Å². The zero-order valence-electron chi connectivity index (χ0n) is 17.0. The minimum absolute atomic E-state index is 0.144. The average molecular weight is 516 g/mol. The molecule has 154 valence electrons. The first kappa shape index (κ1) is 21.4. The van der Waals surface area contributed by atoms with E-state index in [0.29, 0.717) is 12.7 Å². The Bertz CT molecular complexity index is 829. The van der Waals surface area contributed by atoms with Crippen molar-refractivity contribution in [2.24, 2.45) is 0 Å². The van der Waals surface area contributed by atoms with E-state index in [9.17, 15) is 4.79 Å². The molecule has 10 heteroatoms. The van der Waals surface area contributed by atoms with Crippen LogP contribution < -0.4 is 5.32 Å². The van der Waals surface area contributed by atoms with Gasteiger partial charge < -0.3 is 15.0 Å². The van der Waals surface area contributed by atoms with Crippen molar-refractivity contribution in [3.8, 4) is 0 Å². The summed E-state index contributed by atoms with van der Waals surface area (Å²) < 4.78 is 8.50. The maximum atomic E-state index is 11.5. The fraction of sp³-hybridized carbons (Fsp3) is 0.667. The SMILES string of the molecule is CC(=O)N1CCC(Nc2ncc3c(n2)c(I)nn3COCC[Si](C)(C)C)CC1. The van der Waals surface area contributed by atoms with E-state index in [1.54, 1.807) is 6.92 Å². The van der Waals surface area contributed by atoms with Gasteiger partial charge in [0.1, 0.15) is 21.5 Å². The van der Waals surface area contributed by atoms with E-state index in [1.165, 1.54) is 0 Å². The molecule has 0 atom stereocenters. The van der Waals surface area contributed by atoms with Crippen LogP contribution in [0.5, 0.6) is 0 Å². The molecule has 0 radical (unpaired) electrons. The van der Waals surface area contributed by atoms with Crippen molar-refractivity contribution in [1.29, 1.82) is 0 Å². The number of ether oxygens (including phenoxy) is 1. The summed E-state index contributed by atoms with van der Waals surface area (Å²) in [6, 6.07) is 1.42. The second kappa shape index (κ2) is 9.03. The summed E-state index contributed by atoms with van der Waals surface area (Å²) in [5.74, 6) is 0.760. The van der Waals surface area contributed by atoms with E-state index in [0.717, 1.165) is 53.3 Å². The lowest BCUT2D eigenvalue weighted by Gasteiger charge is -2.31. The van der Waals surface area contributed by atoms with Crippen molar-refractivity contribution >= 4 is 53.6 Å². The number of likely N-dealkylation sites (tertiary alicyclic amines) is 1. The molecule has 3 rings (SSSR count).